The molecule has 2 rings (SSSR count). The largest absolute Gasteiger partial charge is 0.505 e. The summed E-state index contributed by atoms with van der Waals surface area (Å²) in [5, 5.41) is 18.0. The minimum absolute atomic E-state index is 0.213. The van der Waals surface area contributed by atoms with Crippen molar-refractivity contribution in [3.63, 3.8) is 0 Å². The monoisotopic (exact) mass is 598 g/mol. The van der Waals surface area contributed by atoms with Gasteiger partial charge in [-0.25, -0.2) is 9.97 Å². The van der Waals surface area contributed by atoms with Gasteiger partial charge in [-0.05, 0) is 89.2 Å². The van der Waals surface area contributed by atoms with Crippen LogP contribution in [0.1, 0.15) is 0 Å². The number of rotatable bonds is 0. The van der Waals surface area contributed by atoms with Gasteiger partial charge in [0.1, 0.15) is 18.9 Å². The zero-order valence-electron chi connectivity index (χ0n) is 8.61. The second-order valence-corrected chi connectivity index (χ2v) is 6.80. The second kappa shape index (κ2) is 7.80. The number of nitrogens with zero attached hydrogens (tertiary/aromatic N) is 2. The molecule has 0 aliphatic heterocycles. The molecule has 2 N–H and O–H groups in total. The fourth-order valence-corrected chi connectivity index (χ4v) is 2.05. The summed E-state index contributed by atoms with van der Waals surface area (Å²) in [4.78, 5) is 7.74. The van der Waals surface area contributed by atoms with Crippen molar-refractivity contribution >= 4 is 77.0 Å². The summed E-state index contributed by atoms with van der Waals surface area (Å²) in [6.45, 7) is 0. The van der Waals surface area contributed by atoms with Gasteiger partial charge >= 0.3 is 0 Å². The van der Waals surface area contributed by atoms with Crippen LogP contribution in [0.3, 0.4) is 0 Å². The van der Waals surface area contributed by atoms with Crippen LogP contribution in [-0.4, -0.2) is 20.2 Å². The summed E-state index contributed by atoms with van der Waals surface area (Å²) in [6.07, 6.45) is 3.28. The van der Waals surface area contributed by atoms with E-state index in [-0.39, 0.29) is 11.5 Å². The van der Waals surface area contributed by atoms with Crippen LogP contribution in [0.25, 0.3) is 0 Å². The highest BCUT2D eigenvalue weighted by Gasteiger charge is 1.97. The molecule has 0 saturated heterocycles. The van der Waals surface area contributed by atoms with E-state index in [0.29, 0.717) is 7.40 Å². The lowest BCUT2D eigenvalue weighted by Crippen LogP contribution is -1.78. The number of hydrogen-bond acceptors (Lipinski definition) is 4. The van der Waals surface area contributed by atoms with E-state index >= 15 is 0 Å². The van der Waals surface area contributed by atoms with Crippen molar-refractivity contribution in [1.82, 2.24) is 9.97 Å². The van der Waals surface area contributed by atoms with Gasteiger partial charge in [-0.1, -0.05) is 0 Å². The minimum Gasteiger partial charge on any atom is -0.505 e. The number of aromatic nitrogens is 2. The molecular weight excluding hydrogens is 594 g/mol. The molecule has 0 aliphatic carbocycles. The van der Waals surface area contributed by atoms with E-state index in [0.717, 1.165) is 8.95 Å². The Hall–Kier alpha value is 0.320. The van der Waals surface area contributed by atoms with Crippen LogP contribution in [0.15, 0.2) is 33.5 Å². The maximum absolute atomic E-state index is 9.00. The Labute approximate surface area is 148 Å². The lowest BCUT2D eigenvalue weighted by Gasteiger charge is -1.93. The molecule has 96 valence electrons. The van der Waals surface area contributed by atoms with Crippen LogP contribution in [0.5, 0.6) is 11.5 Å². The fourth-order valence-electron chi connectivity index (χ4n) is 0.824. The summed E-state index contributed by atoms with van der Waals surface area (Å²) in [5.41, 5.74) is 0. The second-order valence-electron chi connectivity index (χ2n) is 2.93. The average molecular weight is 600 g/mol. The average Bonchev–Trinajstić information content (AvgIpc) is 2.30. The standard InChI is InChI=1S/2C5H3BrINO/c2*6-3-1-4(9)5(7)8-2-3/h2*1-2,9H. The van der Waals surface area contributed by atoms with Crippen molar-refractivity contribution in [2.24, 2.45) is 0 Å². The lowest BCUT2D eigenvalue weighted by atomic mass is 10.5. The Kier molecular flexibility index (Phi) is 7.10. The van der Waals surface area contributed by atoms with Gasteiger partial charge in [-0.2, -0.15) is 0 Å². The van der Waals surface area contributed by atoms with Crippen LogP contribution < -0.4 is 0 Å². The van der Waals surface area contributed by atoms with E-state index in [9.17, 15) is 0 Å². The first-order chi connectivity index (χ1) is 8.40. The summed E-state index contributed by atoms with van der Waals surface area (Å²) < 4.78 is 2.83. The molecule has 2 aromatic heterocycles. The summed E-state index contributed by atoms with van der Waals surface area (Å²) >= 11 is 10.3. The molecule has 0 amide bonds. The Balaban J connectivity index is 0.000000180. The van der Waals surface area contributed by atoms with Gasteiger partial charge in [0.15, 0.2) is 0 Å². The topological polar surface area (TPSA) is 66.2 Å². The van der Waals surface area contributed by atoms with Crippen LogP contribution in [0.2, 0.25) is 0 Å². The molecule has 0 atom stereocenters. The third kappa shape index (κ3) is 5.53. The maximum Gasteiger partial charge on any atom is 0.148 e. The predicted molar refractivity (Wildman–Crippen MR) is 92.6 cm³/mol. The van der Waals surface area contributed by atoms with Crippen molar-refractivity contribution < 1.29 is 10.2 Å². The lowest BCUT2D eigenvalue weighted by molar-refractivity contribution is 0.467. The molecule has 0 unspecified atom stereocenters. The van der Waals surface area contributed by atoms with Crippen molar-refractivity contribution in [1.29, 1.82) is 0 Å². The van der Waals surface area contributed by atoms with Gasteiger partial charge in [0.25, 0.3) is 0 Å². The van der Waals surface area contributed by atoms with Crippen molar-refractivity contribution in [2.75, 3.05) is 0 Å². The molecule has 0 radical (unpaired) electrons. The number of halogens is 4. The van der Waals surface area contributed by atoms with Crippen LogP contribution in [0, 0.1) is 7.40 Å². The summed E-state index contributed by atoms with van der Waals surface area (Å²) in [5.74, 6) is 0.426. The molecule has 8 heteroatoms. The normalized spacial score (nSPS) is 9.56. The number of aromatic hydroxyl groups is 2. The fraction of sp³-hybridized carbons (Fsp3) is 0. The van der Waals surface area contributed by atoms with E-state index in [4.69, 9.17) is 10.2 Å². The van der Waals surface area contributed by atoms with E-state index < -0.39 is 0 Å². The number of hydrogen-bond donors (Lipinski definition) is 2. The molecule has 18 heavy (non-hydrogen) atoms. The molecule has 2 aromatic rings. The highest BCUT2D eigenvalue weighted by atomic mass is 127. The zero-order chi connectivity index (χ0) is 13.7. The highest BCUT2D eigenvalue weighted by molar-refractivity contribution is 14.1. The summed E-state index contributed by atoms with van der Waals surface area (Å²) in [6, 6.07) is 3.21. The first-order valence-corrected chi connectivity index (χ1v) is 8.14. The Morgan fingerprint density at radius 1 is 0.833 bits per heavy atom. The number of pyridine rings is 2. The van der Waals surface area contributed by atoms with E-state index in [1.165, 1.54) is 0 Å². The first-order valence-electron chi connectivity index (χ1n) is 4.40. The van der Waals surface area contributed by atoms with E-state index in [1.54, 1.807) is 24.5 Å². The van der Waals surface area contributed by atoms with Gasteiger partial charge in [0.2, 0.25) is 0 Å². The molecule has 0 aliphatic rings. The Morgan fingerprint density at radius 2 is 1.17 bits per heavy atom. The third-order valence-electron chi connectivity index (χ3n) is 1.57. The van der Waals surface area contributed by atoms with Gasteiger partial charge in [-0.3, -0.25) is 0 Å². The predicted octanol–water partition coefficient (Wildman–Crippen LogP) is 4.31. The molecular formula is C10H6Br2I2N2O2. The molecule has 0 spiro atoms. The Bertz CT molecular complexity index is 506. The quantitative estimate of drug-likeness (QED) is 0.350. The third-order valence-corrected chi connectivity index (χ3v) is 4.10. The Morgan fingerprint density at radius 3 is 1.39 bits per heavy atom. The van der Waals surface area contributed by atoms with Crippen LogP contribution >= 0.6 is 77.0 Å². The van der Waals surface area contributed by atoms with Crippen molar-refractivity contribution in [3.05, 3.63) is 40.9 Å². The van der Waals surface area contributed by atoms with Crippen molar-refractivity contribution in [3.8, 4) is 11.5 Å². The van der Waals surface area contributed by atoms with Gasteiger partial charge in [0, 0.05) is 21.3 Å². The van der Waals surface area contributed by atoms with Gasteiger partial charge in [0.05, 0.1) is 0 Å². The maximum atomic E-state index is 9.00. The first kappa shape index (κ1) is 16.4. The molecule has 0 bridgehead atoms. The van der Waals surface area contributed by atoms with Gasteiger partial charge < -0.3 is 10.2 Å². The summed E-state index contributed by atoms with van der Waals surface area (Å²) in [7, 11) is 0. The molecule has 0 aromatic carbocycles. The molecule has 0 fully saturated rings. The minimum atomic E-state index is 0.213. The van der Waals surface area contributed by atoms with E-state index in [1.807, 2.05) is 45.2 Å². The van der Waals surface area contributed by atoms with E-state index in [2.05, 4.69) is 41.8 Å². The van der Waals surface area contributed by atoms with Crippen LogP contribution in [-0.2, 0) is 0 Å². The highest BCUT2D eigenvalue weighted by Crippen LogP contribution is 2.21. The SMILES string of the molecule is Oc1cc(Br)cnc1I.Oc1cc(Br)cnc1I. The smallest absolute Gasteiger partial charge is 0.148 e. The molecule has 0 saturated carbocycles. The van der Waals surface area contributed by atoms with Crippen molar-refractivity contribution in [2.45, 2.75) is 0 Å². The zero-order valence-corrected chi connectivity index (χ0v) is 16.1. The van der Waals surface area contributed by atoms with Crippen LogP contribution in [0.4, 0.5) is 0 Å². The van der Waals surface area contributed by atoms with Gasteiger partial charge in [-0.15, -0.1) is 0 Å². The molecule has 2 heterocycles. The molecule has 4 nitrogen and oxygen atoms in total.